The highest BCUT2D eigenvalue weighted by atomic mass is 15.2. The summed E-state index contributed by atoms with van der Waals surface area (Å²) < 4.78 is 0. The minimum atomic E-state index is 0.695. The van der Waals surface area contributed by atoms with E-state index < -0.39 is 0 Å². The quantitative estimate of drug-likeness (QED) is 0.836. The van der Waals surface area contributed by atoms with Gasteiger partial charge in [0, 0.05) is 49.3 Å². The highest BCUT2D eigenvalue weighted by Gasteiger charge is 2.24. The molecule has 4 nitrogen and oxygen atoms in total. The second-order valence-electron chi connectivity index (χ2n) is 6.04. The third-order valence-electron chi connectivity index (χ3n) is 4.47. The number of aromatic nitrogens is 1. The molecule has 1 atom stereocenters. The van der Waals surface area contributed by atoms with Gasteiger partial charge in [-0.1, -0.05) is 13.8 Å². The number of hydrogen-bond donors (Lipinski definition) is 1. The normalized spacial score (nSPS) is 19.1. The van der Waals surface area contributed by atoms with Crippen molar-refractivity contribution < 1.29 is 0 Å². The lowest BCUT2D eigenvalue weighted by molar-refractivity contribution is 0.270. The van der Waals surface area contributed by atoms with Crippen molar-refractivity contribution in [2.45, 2.75) is 46.2 Å². The van der Waals surface area contributed by atoms with Gasteiger partial charge in [0.1, 0.15) is 0 Å². The molecule has 1 N–H and O–H groups in total. The van der Waals surface area contributed by atoms with E-state index in [-0.39, 0.29) is 0 Å². The summed E-state index contributed by atoms with van der Waals surface area (Å²) in [6.45, 7) is 11.9. The molecular weight excluding hydrogens is 260 g/mol. The number of likely N-dealkylation sites (tertiary alicyclic amines) is 1. The minimum absolute atomic E-state index is 0.695. The van der Waals surface area contributed by atoms with E-state index in [1.54, 1.807) is 0 Å². The molecule has 0 amide bonds. The van der Waals surface area contributed by atoms with Crippen LogP contribution in [0.5, 0.6) is 0 Å². The first-order valence-corrected chi connectivity index (χ1v) is 8.27. The highest BCUT2D eigenvalue weighted by molar-refractivity contribution is 5.53. The molecule has 2 rings (SSSR count). The third kappa shape index (κ3) is 4.17. The van der Waals surface area contributed by atoms with Crippen LogP contribution in [0.25, 0.3) is 0 Å². The van der Waals surface area contributed by atoms with E-state index in [0.29, 0.717) is 6.04 Å². The number of likely N-dealkylation sites (N-methyl/N-ethyl adjacent to an activating group) is 2. The summed E-state index contributed by atoms with van der Waals surface area (Å²) in [6, 6.07) is 2.92. The fourth-order valence-electron chi connectivity index (χ4n) is 3.26. The van der Waals surface area contributed by atoms with Crippen molar-refractivity contribution >= 4 is 5.69 Å². The fourth-order valence-corrected chi connectivity index (χ4v) is 3.26. The average Bonchev–Trinajstić information content (AvgIpc) is 2.93. The summed E-state index contributed by atoms with van der Waals surface area (Å²) in [5, 5.41) is 3.42. The Morgan fingerprint density at radius 1 is 1.43 bits per heavy atom. The van der Waals surface area contributed by atoms with E-state index in [0.717, 1.165) is 31.9 Å². The number of nitrogens with one attached hydrogen (secondary N) is 1. The molecule has 1 aromatic rings. The van der Waals surface area contributed by atoms with Crippen LogP contribution in [-0.2, 0) is 6.54 Å². The first-order chi connectivity index (χ1) is 10.2. The number of pyridine rings is 1. The van der Waals surface area contributed by atoms with Crippen molar-refractivity contribution in [3.63, 3.8) is 0 Å². The molecule has 1 fully saturated rings. The predicted molar refractivity (Wildman–Crippen MR) is 89.9 cm³/mol. The summed E-state index contributed by atoms with van der Waals surface area (Å²) >= 11 is 0. The number of anilines is 1. The zero-order chi connectivity index (χ0) is 15.2. The topological polar surface area (TPSA) is 31.4 Å². The van der Waals surface area contributed by atoms with Crippen molar-refractivity contribution in [1.29, 1.82) is 0 Å². The van der Waals surface area contributed by atoms with Crippen molar-refractivity contribution in [1.82, 2.24) is 15.2 Å². The molecule has 1 aliphatic heterocycles. The lowest BCUT2D eigenvalue weighted by Crippen LogP contribution is -2.39. The second kappa shape index (κ2) is 7.76. The minimum Gasteiger partial charge on any atom is -0.373 e. The van der Waals surface area contributed by atoms with Gasteiger partial charge >= 0.3 is 0 Å². The molecule has 0 bridgehead atoms. The van der Waals surface area contributed by atoms with Crippen molar-refractivity contribution in [2.24, 2.45) is 0 Å². The maximum atomic E-state index is 4.46. The zero-order valence-corrected chi connectivity index (χ0v) is 14.0. The molecule has 2 heterocycles. The fraction of sp³-hybridized carbons (Fsp3) is 0.706. The number of hydrogen-bond acceptors (Lipinski definition) is 4. The lowest BCUT2D eigenvalue weighted by atomic mass is 10.1. The Bertz CT molecular complexity index is 446. The first kappa shape index (κ1) is 16.2. The molecule has 0 radical (unpaired) electrons. The van der Waals surface area contributed by atoms with E-state index in [2.05, 4.69) is 54.0 Å². The number of aryl methyl sites for hydroxylation is 1. The molecule has 1 saturated heterocycles. The predicted octanol–water partition coefficient (Wildman–Crippen LogP) is 2.42. The monoisotopic (exact) mass is 290 g/mol. The molecule has 0 aromatic carbocycles. The zero-order valence-electron chi connectivity index (χ0n) is 14.0. The van der Waals surface area contributed by atoms with Crippen LogP contribution in [0, 0.1) is 6.92 Å². The van der Waals surface area contributed by atoms with Gasteiger partial charge in [0.2, 0.25) is 0 Å². The first-order valence-electron chi connectivity index (χ1n) is 8.27. The maximum Gasteiger partial charge on any atom is 0.0443 e. The van der Waals surface area contributed by atoms with E-state index in [9.17, 15) is 0 Å². The molecule has 4 heteroatoms. The second-order valence-corrected chi connectivity index (χ2v) is 6.04. The third-order valence-corrected chi connectivity index (χ3v) is 4.47. The van der Waals surface area contributed by atoms with Gasteiger partial charge in [0.25, 0.3) is 0 Å². The van der Waals surface area contributed by atoms with Crippen LogP contribution in [0.1, 0.15) is 37.9 Å². The lowest BCUT2D eigenvalue weighted by Gasteiger charge is -2.30. The van der Waals surface area contributed by atoms with Gasteiger partial charge in [0.05, 0.1) is 0 Å². The summed E-state index contributed by atoms with van der Waals surface area (Å²) in [6.07, 6.45) is 4.69. The molecule has 1 aromatic heterocycles. The van der Waals surface area contributed by atoms with Crippen LogP contribution in [0.3, 0.4) is 0 Å². The van der Waals surface area contributed by atoms with Gasteiger partial charge in [0.15, 0.2) is 0 Å². The Kier molecular flexibility index (Phi) is 6.00. The summed E-state index contributed by atoms with van der Waals surface area (Å²) in [5.74, 6) is 0. The molecule has 0 saturated carbocycles. The van der Waals surface area contributed by atoms with Crippen LogP contribution in [0.4, 0.5) is 5.69 Å². The van der Waals surface area contributed by atoms with Gasteiger partial charge in [-0.3, -0.25) is 9.88 Å². The summed E-state index contributed by atoms with van der Waals surface area (Å²) in [5.41, 5.74) is 3.72. The number of nitrogens with zero attached hydrogens (tertiary/aromatic N) is 3. The Balaban J connectivity index is 2.09. The van der Waals surface area contributed by atoms with Crippen molar-refractivity contribution in [3.8, 4) is 0 Å². The van der Waals surface area contributed by atoms with Gasteiger partial charge in [-0.25, -0.2) is 0 Å². The molecule has 1 aliphatic rings. The van der Waals surface area contributed by atoms with Crippen LogP contribution in [0.2, 0.25) is 0 Å². The Hall–Kier alpha value is -1.13. The average molecular weight is 290 g/mol. The Labute approximate surface area is 129 Å². The molecule has 0 spiro atoms. The molecule has 21 heavy (non-hydrogen) atoms. The van der Waals surface area contributed by atoms with E-state index in [1.165, 1.54) is 30.6 Å². The molecule has 1 unspecified atom stereocenters. The Morgan fingerprint density at radius 3 is 2.95 bits per heavy atom. The van der Waals surface area contributed by atoms with Gasteiger partial charge in [-0.2, -0.15) is 0 Å². The van der Waals surface area contributed by atoms with Gasteiger partial charge < -0.3 is 10.2 Å². The summed E-state index contributed by atoms with van der Waals surface area (Å²) in [4.78, 5) is 9.48. The van der Waals surface area contributed by atoms with E-state index in [4.69, 9.17) is 0 Å². The maximum absolute atomic E-state index is 4.46. The Morgan fingerprint density at radius 2 is 2.24 bits per heavy atom. The van der Waals surface area contributed by atoms with Gasteiger partial charge in [-0.05, 0) is 45.5 Å². The van der Waals surface area contributed by atoms with Crippen LogP contribution in [-0.4, -0.2) is 49.2 Å². The largest absolute Gasteiger partial charge is 0.373 e. The summed E-state index contributed by atoms with van der Waals surface area (Å²) in [7, 11) is 2.22. The van der Waals surface area contributed by atoms with E-state index >= 15 is 0 Å². The smallest absolute Gasteiger partial charge is 0.0443 e. The van der Waals surface area contributed by atoms with Gasteiger partial charge in [-0.15, -0.1) is 0 Å². The van der Waals surface area contributed by atoms with E-state index in [1.807, 2.05) is 6.20 Å². The standard InChI is InChI=1S/C17H30N4/c1-5-18-11-15-12-19-14(3)10-17(15)20(4)13-16-8-7-9-21(16)6-2/h10,12,16,18H,5-9,11,13H2,1-4H3. The van der Waals surface area contributed by atoms with Crippen LogP contribution in [0.15, 0.2) is 12.3 Å². The number of rotatable bonds is 7. The van der Waals surface area contributed by atoms with Crippen LogP contribution >= 0.6 is 0 Å². The molecular formula is C17H30N4. The highest BCUT2D eigenvalue weighted by Crippen LogP contribution is 2.23. The molecule has 0 aliphatic carbocycles. The van der Waals surface area contributed by atoms with Crippen molar-refractivity contribution in [2.75, 3.05) is 38.1 Å². The molecule has 118 valence electrons. The SMILES string of the molecule is CCNCc1cnc(C)cc1N(C)CC1CCCN1CC. The van der Waals surface area contributed by atoms with Crippen molar-refractivity contribution in [3.05, 3.63) is 23.5 Å². The van der Waals surface area contributed by atoms with Crippen LogP contribution < -0.4 is 10.2 Å².